The maximum atomic E-state index is 6.44. The topological polar surface area (TPSA) is 64.9 Å². The van der Waals surface area contributed by atoms with E-state index in [4.69, 9.17) is 33.5 Å². The van der Waals surface area contributed by atoms with E-state index in [0.717, 1.165) is 29.7 Å². The minimum absolute atomic E-state index is 0.388. The summed E-state index contributed by atoms with van der Waals surface area (Å²) in [6.45, 7) is 0. The van der Waals surface area contributed by atoms with E-state index in [2.05, 4.69) is 10.1 Å². The summed E-state index contributed by atoms with van der Waals surface area (Å²) in [5.41, 5.74) is 6.83. The number of nitrogens with two attached hydrogens (primary N) is 1. The Morgan fingerprint density at radius 1 is 1.22 bits per heavy atom. The number of hydrogen-bond acceptors (Lipinski definition) is 5. The summed E-state index contributed by atoms with van der Waals surface area (Å²) in [6.07, 6.45) is 2.85. The first-order valence-corrected chi connectivity index (χ1v) is 8.87. The number of aromatic nitrogens is 2. The van der Waals surface area contributed by atoms with Crippen LogP contribution in [-0.2, 0) is 5.41 Å². The molecule has 0 saturated heterocycles. The molecule has 23 heavy (non-hydrogen) atoms. The van der Waals surface area contributed by atoms with Gasteiger partial charge in [0.2, 0.25) is 0 Å². The van der Waals surface area contributed by atoms with Gasteiger partial charge in [-0.3, -0.25) is 0 Å². The van der Waals surface area contributed by atoms with Crippen molar-refractivity contribution in [3.63, 3.8) is 0 Å². The maximum absolute atomic E-state index is 6.44. The molecular weight excluding hydrogens is 353 g/mol. The average molecular weight is 366 g/mol. The van der Waals surface area contributed by atoms with E-state index in [9.17, 15) is 0 Å². The molecule has 3 aromatic rings. The van der Waals surface area contributed by atoms with E-state index >= 15 is 0 Å². The summed E-state index contributed by atoms with van der Waals surface area (Å²) in [4.78, 5) is 5.56. The van der Waals surface area contributed by atoms with E-state index in [1.54, 1.807) is 23.5 Å². The summed E-state index contributed by atoms with van der Waals surface area (Å²) in [5.74, 6) is 1.17. The lowest BCUT2D eigenvalue weighted by Gasteiger charge is -2.40. The number of nitrogens with zero attached hydrogens (tertiary/aromatic N) is 2. The molecule has 0 unspecified atom stereocenters. The van der Waals surface area contributed by atoms with Crippen LogP contribution in [0.15, 0.2) is 34.2 Å². The average Bonchev–Trinajstić information content (AvgIpc) is 3.10. The first-order chi connectivity index (χ1) is 11.1. The molecule has 2 heterocycles. The number of nitrogen functional groups attached to an aromatic ring is 1. The van der Waals surface area contributed by atoms with E-state index in [-0.39, 0.29) is 5.41 Å². The van der Waals surface area contributed by atoms with Gasteiger partial charge < -0.3 is 10.3 Å². The molecule has 118 valence electrons. The quantitative estimate of drug-likeness (QED) is 0.651. The Morgan fingerprint density at radius 3 is 2.52 bits per heavy atom. The van der Waals surface area contributed by atoms with Gasteiger partial charge in [0.1, 0.15) is 0 Å². The summed E-state index contributed by atoms with van der Waals surface area (Å²) in [6, 6.07) is 7.36. The van der Waals surface area contributed by atoms with Gasteiger partial charge in [0, 0.05) is 21.3 Å². The number of thiophene rings is 1. The van der Waals surface area contributed by atoms with Gasteiger partial charge in [-0.2, -0.15) is 4.98 Å². The van der Waals surface area contributed by atoms with Crippen LogP contribution < -0.4 is 5.73 Å². The zero-order valence-electron chi connectivity index (χ0n) is 12.1. The van der Waals surface area contributed by atoms with E-state index in [1.807, 2.05) is 17.5 Å². The smallest absolute Gasteiger partial charge is 0.268 e. The van der Waals surface area contributed by atoms with Crippen LogP contribution in [0.3, 0.4) is 0 Å². The molecule has 7 heteroatoms. The van der Waals surface area contributed by atoms with Crippen LogP contribution in [0.4, 0.5) is 5.69 Å². The van der Waals surface area contributed by atoms with Crippen LogP contribution in [0.25, 0.3) is 10.8 Å². The summed E-state index contributed by atoms with van der Waals surface area (Å²) in [5, 5.41) is 7.30. The zero-order chi connectivity index (χ0) is 16.0. The highest BCUT2D eigenvalue weighted by molar-refractivity contribution is 7.13. The van der Waals surface area contributed by atoms with Crippen molar-refractivity contribution in [3.8, 4) is 10.8 Å². The largest absolute Gasteiger partial charge is 0.399 e. The fraction of sp³-hybridized carbons (Fsp3) is 0.250. The van der Waals surface area contributed by atoms with Crippen molar-refractivity contribution < 1.29 is 4.52 Å². The third-order valence-corrected chi connectivity index (χ3v) is 5.79. The SMILES string of the molecule is Nc1cc(Cl)c(C2(c3noc(-c4cccs4)n3)CCC2)c(Cl)c1. The molecule has 0 amide bonds. The van der Waals surface area contributed by atoms with E-state index < -0.39 is 0 Å². The molecule has 1 aliphatic carbocycles. The van der Waals surface area contributed by atoms with E-state index in [1.165, 1.54) is 0 Å². The number of rotatable bonds is 3. The Balaban J connectivity index is 1.83. The molecule has 1 aliphatic rings. The Hall–Kier alpha value is -1.56. The second-order valence-corrected chi connectivity index (χ2v) is 7.46. The molecule has 4 nitrogen and oxygen atoms in total. The molecule has 1 aromatic carbocycles. The molecule has 1 fully saturated rings. The van der Waals surface area contributed by atoms with Crippen LogP contribution in [-0.4, -0.2) is 10.1 Å². The highest BCUT2D eigenvalue weighted by Gasteiger charge is 2.47. The summed E-state index contributed by atoms with van der Waals surface area (Å²) < 4.78 is 5.45. The summed E-state index contributed by atoms with van der Waals surface area (Å²) >= 11 is 14.4. The number of anilines is 1. The molecule has 4 rings (SSSR count). The van der Waals surface area contributed by atoms with Gasteiger partial charge in [-0.15, -0.1) is 11.3 Å². The van der Waals surface area contributed by atoms with Crippen LogP contribution >= 0.6 is 34.5 Å². The standard InChI is InChI=1S/C16H13Cl2N3OS/c17-10-7-9(19)8-11(18)13(10)16(4-2-5-16)15-20-14(22-21-15)12-3-1-6-23-12/h1,3,6-8H,2,4-5,19H2. The van der Waals surface area contributed by atoms with Gasteiger partial charge in [0.15, 0.2) is 5.82 Å². The molecule has 1 saturated carbocycles. The van der Waals surface area contributed by atoms with E-state index in [0.29, 0.717) is 27.4 Å². The predicted molar refractivity (Wildman–Crippen MR) is 93.1 cm³/mol. The Labute approximate surface area is 147 Å². The highest BCUT2D eigenvalue weighted by atomic mass is 35.5. The van der Waals surface area contributed by atoms with Crippen molar-refractivity contribution in [2.75, 3.05) is 5.73 Å². The molecule has 0 radical (unpaired) electrons. The highest BCUT2D eigenvalue weighted by Crippen LogP contribution is 2.52. The fourth-order valence-corrected chi connectivity index (χ4v) is 4.59. The van der Waals surface area contributed by atoms with Crippen molar-refractivity contribution in [1.29, 1.82) is 0 Å². The first-order valence-electron chi connectivity index (χ1n) is 7.23. The van der Waals surface area contributed by atoms with Gasteiger partial charge in [-0.05, 0) is 36.4 Å². The predicted octanol–water partition coefficient (Wildman–Crippen LogP) is 5.16. The third kappa shape index (κ3) is 2.35. The second-order valence-electron chi connectivity index (χ2n) is 5.70. The molecule has 2 aromatic heterocycles. The second kappa shape index (κ2) is 5.51. The monoisotopic (exact) mass is 365 g/mol. The zero-order valence-corrected chi connectivity index (χ0v) is 14.4. The third-order valence-electron chi connectivity index (χ3n) is 4.34. The summed E-state index contributed by atoms with van der Waals surface area (Å²) in [7, 11) is 0. The van der Waals surface area contributed by atoms with Crippen molar-refractivity contribution in [2.24, 2.45) is 0 Å². The minimum atomic E-state index is -0.388. The van der Waals surface area contributed by atoms with Crippen molar-refractivity contribution in [3.05, 3.63) is 51.1 Å². The molecule has 0 aliphatic heterocycles. The number of halogens is 2. The maximum Gasteiger partial charge on any atom is 0.268 e. The molecular formula is C16H13Cl2N3OS. The Bertz CT molecular complexity index is 833. The van der Waals surface area contributed by atoms with Gasteiger partial charge in [-0.25, -0.2) is 0 Å². The Kier molecular flexibility index (Phi) is 3.59. The van der Waals surface area contributed by atoms with Gasteiger partial charge in [0.25, 0.3) is 5.89 Å². The minimum Gasteiger partial charge on any atom is -0.399 e. The van der Waals surface area contributed by atoms with Crippen molar-refractivity contribution in [1.82, 2.24) is 10.1 Å². The first kappa shape index (κ1) is 15.0. The fourth-order valence-electron chi connectivity index (χ4n) is 3.08. The molecule has 0 bridgehead atoms. The lowest BCUT2D eigenvalue weighted by atomic mass is 9.64. The lowest BCUT2D eigenvalue weighted by molar-refractivity contribution is 0.273. The van der Waals surface area contributed by atoms with Crippen molar-refractivity contribution in [2.45, 2.75) is 24.7 Å². The van der Waals surface area contributed by atoms with Gasteiger partial charge in [0.05, 0.1) is 10.3 Å². The van der Waals surface area contributed by atoms with Crippen LogP contribution in [0.2, 0.25) is 10.0 Å². The van der Waals surface area contributed by atoms with Crippen LogP contribution in [0, 0.1) is 0 Å². The molecule has 0 atom stereocenters. The molecule has 0 spiro atoms. The molecule has 2 N–H and O–H groups in total. The van der Waals surface area contributed by atoms with Gasteiger partial charge >= 0.3 is 0 Å². The number of hydrogen-bond donors (Lipinski definition) is 1. The van der Waals surface area contributed by atoms with Gasteiger partial charge in [-0.1, -0.05) is 40.8 Å². The lowest BCUT2D eigenvalue weighted by Crippen LogP contribution is -2.37. The van der Waals surface area contributed by atoms with Crippen LogP contribution in [0.5, 0.6) is 0 Å². The number of benzene rings is 1. The van der Waals surface area contributed by atoms with Crippen molar-refractivity contribution >= 4 is 40.2 Å². The van der Waals surface area contributed by atoms with Crippen LogP contribution in [0.1, 0.15) is 30.7 Å². The Morgan fingerprint density at radius 2 is 1.96 bits per heavy atom. The normalized spacial score (nSPS) is 16.3.